The van der Waals surface area contributed by atoms with Gasteiger partial charge >= 0.3 is 6.16 Å². The summed E-state index contributed by atoms with van der Waals surface area (Å²) >= 11 is 0. The lowest BCUT2D eigenvalue weighted by Crippen LogP contribution is -2.46. The van der Waals surface area contributed by atoms with Gasteiger partial charge in [0, 0.05) is 6.42 Å². The molecule has 4 saturated carbocycles. The number of aliphatic hydroxyl groups is 1. The fourth-order valence-corrected chi connectivity index (χ4v) is 7.89. The van der Waals surface area contributed by atoms with Gasteiger partial charge in [0.15, 0.2) is 17.1 Å². The van der Waals surface area contributed by atoms with Gasteiger partial charge in [-0.05, 0) is 81.5 Å². The third-order valence-corrected chi connectivity index (χ3v) is 9.07. The number of aromatic nitrogens is 4. The summed E-state index contributed by atoms with van der Waals surface area (Å²) in [4.78, 5) is 25.2. The molecule has 5 aliphatic rings. The Hall–Kier alpha value is -2.90. The fraction of sp³-hybridized carbons (Fsp3) is 0.704. The van der Waals surface area contributed by atoms with Gasteiger partial charge in [0.25, 0.3) is 0 Å². The van der Waals surface area contributed by atoms with Gasteiger partial charge in [-0.3, -0.25) is 4.57 Å². The minimum absolute atomic E-state index is 0.169. The van der Waals surface area contributed by atoms with Gasteiger partial charge in [0.2, 0.25) is 0 Å². The van der Waals surface area contributed by atoms with Crippen LogP contribution in [0.2, 0.25) is 0 Å². The Kier molecular flexibility index (Phi) is 6.03. The number of nitrogen functional groups attached to an aromatic ring is 1. The van der Waals surface area contributed by atoms with Crippen LogP contribution >= 0.6 is 0 Å². The number of carbonyl (C=O) groups is 1. The molecule has 3 atom stereocenters. The number of terminal acetylenes is 1. The molecule has 4 aliphatic carbocycles. The van der Waals surface area contributed by atoms with E-state index in [9.17, 15) is 9.90 Å². The van der Waals surface area contributed by atoms with Crippen LogP contribution < -0.4 is 5.73 Å². The zero-order valence-corrected chi connectivity index (χ0v) is 21.3. The van der Waals surface area contributed by atoms with E-state index in [4.69, 9.17) is 26.4 Å². The van der Waals surface area contributed by atoms with E-state index in [0.717, 1.165) is 30.6 Å². The van der Waals surface area contributed by atoms with E-state index in [1.807, 2.05) is 0 Å². The molecule has 0 radical (unpaired) electrons. The van der Waals surface area contributed by atoms with Gasteiger partial charge in [-0.25, -0.2) is 19.7 Å². The lowest BCUT2D eigenvalue weighted by Gasteiger charge is -2.57. The number of aliphatic hydroxyl groups excluding tert-OH is 1. The standard InChI is InChI=1S/C27H35N5O5/c1-3-27(20(33)10-21(37-27)32-15-29-22-23(28)30-16(2)31-24(22)32)14-36-25(34)35-6-4-5-26-11-17-7-18(12-26)9-19(8-17)13-26/h1,15,17-21,33H,4-14H2,2H3,(H2,28,30,31)/t17?,18?,19?,20-,21+,26?,27+/m0/s1. The zero-order valence-electron chi connectivity index (χ0n) is 21.3. The fourth-order valence-electron chi connectivity index (χ4n) is 7.89. The number of carbonyl (C=O) groups excluding carboxylic acids is 1. The summed E-state index contributed by atoms with van der Waals surface area (Å²) in [6, 6.07) is 0. The first kappa shape index (κ1) is 24.4. The number of ether oxygens (including phenoxy) is 3. The van der Waals surface area contributed by atoms with Gasteiger partial charge in [-0.2, -0.15) is 0 Å². The van der Waals surface area contributed by atoms with Crippen molar-refractivity contribution in [3.8, 4) is 12.3 Å². The molecule has 7 rings (SSSR count). The minimum atomic E-state index is -1.51. The Balaban J connectivity index is 1.02. The summed E-state index contributed by atoms with van der Waals surface area (Å²) in [7, 11) is 0. The maximum atomic E-state index is 12.4. The largest absolute Gasteiger partial charge is 0.508 e. The van der Waals surface area contributed by atoms with Crippen LogP contribution in [0, 0.1) is 42.4 Å². The second-order valence-corrected chi connectivity index (χ2v) is 11.7. The van der Waals surface area contributed by atoms with E-state index < -0.39 is 24.1 Å². The quantitative estimate of drug-likeness (QED) is 0.326. The first-order chi connectivity index (χ1) is 17.8. The highest BCUT2D eigenvalue weighted by atomic mass is 16.7. The molecule has 1 saturated heterocycles. The predicted molar refractivity (Wildman–Crippen MR) is 134 cm³/mol. The smallest absolute Gasteiger partial charge is 0.434 e. The zero-order chi connectivity index (χ0) is 25.8. The van der Waals surface area contributed by atoms with Crippen molar-refractivity contribution < 1.29 is 24.1 Å². The van der Waals surface area contributed by atoms with E-state index >= 15 is 0 Å². The maximum absolute atomic E-state index is 12.4. The van der Waals surface area contributed by atoms with Gasteiger partial charge in [0.05, 0.1) is 12.9 Å². The first-order valence-corrected chi connectivity index (χ1v) is 13.4. The lowest BCUT2D eigenvalue weighted by atomic mass is 9.48. The van der Waals surface area contributed by atoms with Gasteiger partial charge in [-0.15, -0.1) is 6.42 Å². The van der Waals surface area contributed by atoms with Crippen LogP contribution in [-0.2, 0) is 14.2 Å². The average molecular weight is 510 g/mol. The summed E-state index contributed by atoms with van der Waals surface area (Å²) in [5, 5.41) is 10.8. The lowest BCUT2D eigenvalue weighted by molar-refractivity contribution is -0.0985. The highest BCUT2D eigenvalue weighted by Gasteiger charge is 2.51. The van der Waals surface area contributed by atoms with E-state index in [1.54, 1.807) is 11.5 Å². The number of nitrogens with two attached hydrogens (primary N) is 1. The molecule has 10 nitrogen and oxygen atoms in total. The van der Waals surface area contributed by atoms with Gasteiger partial charge < -0.3 is 25.1 Å². The molecule has 4 bridgehead atoms. The molecule has 0 amide bonds. The molecule has 198 valence electrons. The molecule has 0 unspecified atom stereocenters. The van der Waals surface area contributed by atoms with Crippen LogP contribution in [0.1, 0.15) is 69.8 Å². The molecule has 5 fully saturated rings. The molecule has 1 aliphatic heterocycles. The number of anilines is 1. The monoisotopic (exact) mass is 509 g/mol. The third-order valence-electron chi connectivity index (χ3n) is 9.07. The van der Waals surface area contributed by atoms with Crippen molar-refractivity contribution in [3.63, 3.8) is 0 Å². The summed E-state index contributed by atoms with van der Waals surface area (Å²) in [6.45, 7) is 1.72. The maximum Gasteiger partial charge on any atom is 0.508 e. The molecule has 10 heteroatoms. The Bertz CT molecular complexity index is 1200. The van der Waals surface area contributed by atoms with Crippen LogP contribution in [0.25, 0.3) is 11.2 Å². The van der Waals surface area contributed by atoms with Gasteiger partial charge in [-0.1, -0.05) is 5.92 Å². The van der Waals surface area contributed by atoms with Crippen molar-refractivity contribution in [1.29, 1.82) is 0 Å². The van der Waals surface area contributed by atoms with E-state index in [2.05, 4.69) is 20.9 Å². The molecule has 2 aromatic rings. The van der Waals surface area contributed by atoms with Crippen LogP contribution in [0.5, 0.6) is 0 Å². The van der Waals surface area contributed by atoms with Crippen molar-refractivity contribution in [2.75, 3.05) is 18.9 Å². The van der Waals surface area contributed by atoms with E-state index in [1.165, 1.54) is 44.9 Å². The number of imidazole rings is 1. The molecule has 37 heavy (non-hydrogen) atoms. The van der Waals surface area contributed by atoms with Crippen molar-refractivity contribution in [3.05, 3.63) is 12.2 Å². The van der Waals surface area contributed by atoms with Crippen molar-refractivity contribution in [2.24, 2.45) is 23.2 Å². The Labute approximate surface area is 216 Å². The van der Waals surface area contributed by atoms with Crippen molar-refractivity contribution in [2.45, 2.75) is 82.6 Å². The Morgan fingerprint density at radius 1 is 1.22 bits per heavy atom. The number of fused-ring (bicyclic) bond motifs is 1. The predicted octanol–water partition coefficient (Wildman–Crippen LogP) is 3.52. The molecular formula is C27H35N5O5. The molecule has 3 N–H and O–H groups in total. The van der Waals surface area contributed by atoms with E-state index in [0.29, 0.717) is 29.0 Å². The van der Waals surface area contributed by atoms with Gasteiger partial charge in [0.1, 0.15) is 30.3 Å². The number of aryl methyl sites for hydroxylation is 1. The summed E-state index contributed by atoms with van der Waals surface area (Å²) < 4.78 is 18.4. The molecule has 0 spiro atoms. The second-order valence-electron chi connectivity index (χ2n) is 11.7. The summed E-state index contributed by atoms with van der Waals surface area (Å²) in [6.07, 6.45) is 15.1. The van der Waals surface area contributed by atoms with Crippen LogP contribution in [-0.4, -0.2) is 55.7 Å². The SMILES string of the molecule is C#C[C@]1(COC(=O)OCCCC23CC4CC(CC(C4)C2)C3)O[C@@H](n2cnc3c(N)nc(C)nc32)C[C@@H]1O. The van der Waals surface area contributed by atoms with Crippen LogP contribution in [0.3, 0.4) is 0 Å². The third kappa shape index (κ3) is 4.42. The molecule has 2 aromatic heterocycles. The topological polar surface area (TPSA) is 135 Å². The van der Waals surface area contributed by atoms with Crippen LogP contribution in [0.15, 0.2) is 6.33 Å². The Morgan fingerprint density at radius 2 is 1.92 bits per heavy atom. The number of hydrogen-bond donors (Lipinski definition) is 2. The minimum Gasteiger partial charge on any atom is -0.434 e. The Morgan fingerprint density at radius 3 is 2.59 bits per heavy atom. The number of rotatable bonds is 7. The molecular weight excluding hydrogens is 474 g/mol. The second kappa shape index (κ2) is 9.14. The highest BCUT2D eigenvalue weighted by molar-refractivity contribution is 5.81. The van der Waals surface area contributed by atoms with E-state index in [-0.39, 0.29) is 18.8 Å². The summed E-state index contributed by atoms with van der Waals surface area (Å²) in [5.41, 5.74) is 5.83. The average Bonchev–Trinajstić information content (AvgIpc) is 3.41. The first-order valence-electron chi connectivity index (χ1n) is 13.4. The normalized spacial score (nSPS) is 36.1. The number of nitrogens with zero attached hydrogens (tertiary/aromatic N) is 4. The van der Waals surface area contributed by atoms with Crippen LogP contribution in [0.4, 0.5) is 10.6 Å². The summed E-state index contributed by atoms with van der Waals surface area (Å²) in [5.74, 6) is 5.97. The van der Waals surface area contributed by atoms with Crippen molar-refractivity contribution in [1.82, 2.24) is 19.5 Å². The highest BCUT2D eigenvalue weighted by Crippen LogP contribution is 2.61. The molecule has 0 aromatic carbocycles. The number of hydrogen-bond acceptors (Lipinski definition) is 9. The molecule has 3 heterocycles. The van der Waals surface area contributed by atoms with Crippen molar-refractivity contribution >= 4 is 23.1 Å².